The van der Waals surface area contributed by atoms with Crippen LogP contribution in [0.4, 0.5) is 0 Å². The Morgan fingerprint density at radius 1 is 0.422 bits per heavy atom. The topological polar surface area (TPSA) is 51.6 Å². The number of hydrogen-bond donors (Lipinski definition) is 0. The van der Waals surface area contributed by atoms with Crippen LogP contribution in [-0.4, -0.2) is 19.9 Å². The standard InChI is InChI=1S/C41H30N4/c1-41(2)35-36(30-17-10-5-11-18-30)43-40(31-23-21-29(22-24-31)27-13-6-3-7-14-27)44-37(35)34-26-42-39(45-38(34)41)33-20-12-19-32(25-33)28-15-8-4-9-16-28/h3-26H,1-2H3. The van der Waals surface area contributed by atoms with E-state index in [9.17, 15) is 0 Å². The number of hydrogen-bond acceptors (Lipinski definition) is 4. The molecule has 7 aromatic rings. The van der Waals surface area contributed by atoms with Crippen LogP contribution in [0.15, 0.2) is 146 Å². The molecule has 0 N–H and O–H groups in total. The summed E-state index contributed by atoms with van der Waals surface area (Å²) in [4.78, 5) is 20.6. The highest BCUT2D eigenvalue weighted by molar-refractivity contribution is 5.85. The third-order valence-electron chi connectivity index (χ3n) is 8.70. The molecule has 4 nitrogen and oxygen atoms in total. The van der Waals surface area contributed by atoms with Gasteiger partial charge in [0.05, 0.1) is 17.1 Å². The van der Waals surface area contributed by atoms with Gasteiger partial charge in [0.25, 0.3) is 0 Å². The summed E-state index contributed by atoms with van der Waals surface area (Å²) in [5.74, 6) is 1.40. The van der Waals surface area contributed by atoms with Crippen molar-refractivity contribution in [3.63, 3.8) is 0 Å². The molecule has 0 unspecified atom stereocenters. The van der Waals surface area contributed by atoms with Crippen molar-refractivity contribution in [2.45, 2.75) is 19.3 Å². The lowest BCUT2D eigenvalue weighted by Gasteiger charge is -2.23. The molecule has 4 heteroatoms. The third-order valence-corrected chi connectivity index (χ3v) is 8.70. The second-order valence-electron chi connectivity index (χ2n) is 12.0. The minimum absolute atomic E-state index is 0.430. The summed E-state index contributed by atoms with van der Waals surface area (Å²) in [6.45, 7) is 4.44. The Labute approximate surface area is 263 Å². The minimum Gasteiger partial charge on any atom is -0.236 e. The van der Waals surface area contributed by atoms with Gasteiger partial charge in [-0.25, -0.2) is 19.9 Å². The van der Waals surface area contributed by atoms with Gasteiger partial charge in [0.2, 0.25) is 0 Å². The monoisotopic (exact) mass is 578 g/mol. The quantitative estimate of drug-likeness (QED) is 0.204. The molecule has 0 amide bonds. The van der Waals surface area contributed by atoms with E-state index in [1.165, 1.54) is 11.1 Å². The van der Waals surface area contributed by atoms with Crippen LogP contribution in [-0.2, 0) is 5.41 Å². The molecule has 2 aromatic heterocycles. The van der Waals surface area contributed by atoms with Crippen molar-refractivity contribution in [1.29, 1.82) is 0 Å². The first-order valence-electron chi connectivity index (χ1n) is 15.2. The Hall–Kier alpha value is -5.74. The lowest BCUT2D eigenvalue weighted by molar-refractivity contribution is 0.634. The Kier molecular flexibility index (Phi) is 6.42. The van der Waals surface area contributed by atoms with Gasteiger partial charge in [-0.2, -0.15) is 0 Å². The van der Waals surface area contributed by atoms with E-state index in [0.29, 0.717) is 11.6 Å². The van der Waals surface area contributed by atoms with Crippen LogP contribution in [0, 0.1) is 0 Å². The predicted octanol–water partition coefficient (Wildman–Crippen LogP) is 9.91. The molecule has 214 valence electrons. The highest BCUT2D eigenvalue weighted by Gasteiger charge is 2.42. The summed E-state index contributed by atoms with van der Waals surface area (Å²) >= 11 is 0. The molecule has 0 saturated carbocycles. The van der Waals surface area contributed by atoms with Crippen LogP contribution in [0.2, 0.25) is 0 Å². The summed E-state index contributed by atoms with van der Waals surface area (Å²) in [6.07, 6.45) is 1.95. The Morgan fingerprint density at radius 3 is 1.60 bits per heavy atom. The largest absolute Gasteiger partial charge is 0.236 e. The van der Waals surface area contributed by atoms with E-state index in [0.717, 1.165) is 56.0 Å². The van der Waals surface area contributed by atoms with Crippen LogP contribution in [0.5, 0.6) is 0 Å². The number of benzene rings is 5. The van der Waals surface area contributed by atoms with Crippen molar-refractivity contribution in [3.8, 4) is 67.5 Å². The Balaban J connectivity index is 1.26. The zero-order valence-electron chi connectivity index (χ0n) is 25.1. The molecule has 45 heavy (non-hydrogen) atoms. The molecule has 0 aliphatic heterocycles. The van der Waals surface area contributed by atoms with Crippen molar-refractivity contribution in [2.75, 3.05) is 0 Å². The van der Waals surface area contributed by atoms with Gasteiger partial charge in [-0.3, -0.25) is 0 Å². The maximum absolute atomic E-state index is 5.23. The van der Waals surface area contributed by atoms with E-state index >= 15 is 0 Å². The molecule has 0 radical (unpaired) electrons. The summed E-state index contributed by atoms with van der Waals surface area (Å²) in [5.41, 5.74) is 12.1. The average molecular weight is 579 g/mol. The number of rotatable bonds is 5. The third kappa shape index (κ3) is 4.72. The van der Waals surface area contributed by atoms with Gasteiger partial charge in [-0.15, -0.1) is 0 Å². The van der Waals surface area contributed by atoms with Crippen LogP contribution in [0.1, 0.15) is 25.1 Å². The van der Waals surface area contributed by atoms with Crippen LogP contribution < -0.4 is 0 Å². The fourth-order valence-corrected chi connectivity index (χ4v) is 6.38. The van der Waals surface area contributed by atoms with E-state index in [1.54, 1.807) is 0 Å². The van der Waals surface area contributed by atoms with Crippen molar-refractivity contribution in [3.05, 3.63) is 157 Å². The second-order valence-corrected chi connectivity index (χ2v) is 12.0. The smallest absolute Gasteiger partial charge is 0.160 e. The van der Waals surface area contributed by atoms with E-state index < -0.39 is 5.41 Å². The molecule has 1 aliphatic rings. The van der Waals surface area contributed by atoms with E-state index in [-0.39, 0.29) is 0 Å². The molecular formula is C41H30N4. The van der Waals surface area contributed by atoms with Crippen LogP contribution in [0.3, 0.4) is 0 Å². The summed E-state index contributed by atoms with van der Waals surface area (Å²) in [7, 11) is 0. The van der Waals surface area contributed by atoms with E-state index in [2.05, 4.69) is 135 Å². The first-order chi connectivity index (χ1) is 22.1. The van der Waals surface area contributed by atoms with Crippen molar-refractivity contribution < 1.29 is 0 Å². The summed E-state index contributed by atoms with van der Waals surface area (Å²) in [6, 6.07) is 48.2. The van der Waals surface area contributed by atoms with Crippen LogP contribution >= 0.6 is 0 Å². The molecule has 5 aromatic carbocycles. The first-order valence-corrected chi connectivity index (χ1v) is 15.2. The van der Waals surface area contributed by atoms with Gasteiger partial charge >= 0.3 is 0 Å². The minimum atomic E-state index is -0.430. The average Bonchev–Trinajstić information content (AvgIpc) is 3.34. The molecular weight excluding hydrogens is 548 g/mol. The normalized spacial score (nSPS) is 12.8. The summed E-state index contributed by atoms with van der Waals surface area (Å²) in [5, 5.41) is 0. The molecule has 0 spiro atoms. The van der Waals surface area contributed by atoms with E-state index in [4.69, 9.17) is 19.9 Å². The lowest BCUT2D eigenvalue weighted by atomic mass is 9.83. The second kappa shape index (κ2) is 10.8. The highest BCUT2D eigenvalue weighted by atomic mass is 15.0. The zero-order valence-corrected chi connectivity index (χ0v) is 25.1. The Bertz CT molecular complexity index is 2160. The van der Waals surface area contributed by atoms with Gasteiger partial charge in [0.1, 0.15) is 0 Å². The van der Waals surface area contributed by atoms with Gasteiger partial charge in [-0.1, -0.05) is 133 Å². The van der Waals surface area contributed by atoms with Crippen molar-refractivity contribution >= 4 is 0 Å². The highest BCUT2D eigenvalue weighted by Crippen LogP contribution is 2.50. The molecule has 2 heterocycles. The number of nitrogens with zero attached hydrogens (tertiary/aromatic N) is 4. The molecule has 0 atom stereocenters. The lowest BCUT2D eigenvalue weighted by Crippen LogP contribution is -2.19. The molecule has 8 rings (SSSR count). The number of fused-ring (bicyclic) bond motifs is 3. The zero-order chi connectivity index (χ0) is 30.4. The number of aromatic nitrogens is 4. The fourth-order valence-electron chi connectivity index (χ4n) is 6.38. The van der Waals surface area contributed by atoms with Crippen LogP contribution in [0.25, 0.3) is 67.5 Å². The maximum atomic E-state index is 5.23. The molecule has 0 bridgehead atoms. The maximum Gasteiger partial charge on any atom is 0.160 e. The van der Waals surface area contributed by atoms with Gasteiger partial charge in [0, 0.05) is 39.4 Å². The van der Waals surface area contributed by atoms with Gasteiger partial charge in [-0.05, 0) is 42.2 Å². The van der Waals surface area contributed by atoms with Crippen molar-refractivity contribution in [1.82, 2.24) is 19.9 Å². The van der Waals surface area contributed by atoms with Crippen molar-refractivity contribution in [2.24, 2.45) is 0 Å². The Morgan fingerprint density at radius 2 is 0.933 bits per heavy atom. The summed E-state index contributed by atoms with van der Waals surface area (Å²) < 4.78 is 0. The SMILES string of the molecule is CC1(C)c2nc(-c3cccc(-c4ccccc4)c3)ncc2-c2nc(-c3ccc(-c4ccccc4)cc3)nc(-c3ccccc3)c21. The fraction of sp³-hybridized carbons (Fsp3) is 0.0732. The molecule has 0 fully saturated rings. The first kappa shape index (κ1) is 26.9. The predicted molar refractivity (Wildman–Crippen MR) is 182 cm³/mol. The molecule has 1 aliphatic carbocycles. The van der Waals surface area contributed by atoms with E-state index in [1.807, 2.05) is 24.4 Å². The molecule has 0 saturated heterocycles. The van der Waals surface area contributed by atoms with Gasteiger partial charge < -0.3 is 0 Å². The van der Waals surface area contributed by atoms with Gasteiger partial charge in [0.15, 0.2) is 11.6 Å².